The van der Waals surface area contributed by atoms with E-state index in [1.54, 1.807) is 0 Å². The van der Waals surface area contributed by atoms with Gasteiger partial charge in [0.15, 0.2) is 6.54 Å². The summed E-state index contributed by atoms with van der Waals surface area (Å²) in [5, 5.41) is 9.99. The molecule has 1 aromatic heterocycles. The van der Waals surface area contributed by atoms with Gasteiger partial charge in [0.05, 0.1) is 29.7 Å². The molecule has 1 heterocycles. The topological polar surface area (TPSA) is 80.5 Å². The first-order valence-corrected chi connectivity index (χ1v) is 9.96. The molecule has 0 radical (unpaired) electrons. The molecule has 0 saturated heterocycles. The van der Waals surface area contributed by atoms with Crippen molar-refractivity contribution in [1.82, 2.24) is 20.4 Å². The van der Waals surface area contributed by atoms with Crippen molar-refractivity contribution < 1.29 is 14.5 Å². The largest absolute Gasteiger partial charge is 0.335 e. The van der Waals surface area contributed by atoms with E-state index in [4.69, 9.17) is 0 Å². The summed E-state index contributed by atoms with van der Waals surface area (Å²) in [6.45, 7) is 4.94. The van der Waals surface area contributed by atoms with Crippen LogP contribution >= 0.6 is 0 Å². The third-order valence-electron chi connectivity index (χ3n) is 5.33. The fourth-order valence-corrected chi connectivity index (χ4v) is 3.85. The Hall–Kier alpha value is -2.67. The third-order valence-corrected chi connectivity index (χ3v) is 5.33. The Balaban J connectivity index is 1.55. The van der Waals surface area contributed by atoms with Gasteiger partial charge in [-0.05, 0) is 38.8 Å². The first-order chi connectivity index (χ1) is 13.4. The van der Waals surface area contributed by atoms with Crippen LogP contribution in [0.4, 0.5) is 4.79 Å². The minimum absolute atomic E-state index is 0.201. The van der Waals surface area contributed by atoms with Crippen molar-refractivity contribution in [3.63, 3.8) is 0 Å². The number of nitrogens with one attached hydrogen (secondary N) is 3. The van der Waals surface area contributed by atoms with Crippen molar-refractivity contribution in [3.8, 4) is 5.69 Å². The van der Waals surface area contributed by atoms with Gasteiger partial charge in [0.1, 0.15) is 6.54 Å². The maximum absolute atomic E-state index is 12.2. The number of para-hydroxylation sites is 1. The number of quaternary nitrogens is 1. The second-order valence-corrected chi connectivity index (χ2v) is 7.71. The fraction of sp³-hybridized carbons (Fsp3) is 0.476. The molecule has 150 valence electrons. The first-order valence-electron chi connectivity index (χ1n) is 9.96. The Labute approximate surface area is 166 Å². The van der Waals surface area contributed by atoms with E-state index in [0.29, 0.717) is 6.54 Å². The molecule has 1 aliphatic carbocycles. The molecule has 1 aromatic carbocycles. The summed E-state index contributed by atoms with van der Waals surface area (Å²) in [6, 6.07) is 9.83. The molecule has 7 heteroatoms. The van der Waals surface area contributed by atoms with E-state index in [2.05, 4.69) is 15.7 Å². The average molecular weight is 385 g/mol. The molecule has 2 aromatic rings. The van der Waals surface area contributed by atoms with E-state index >= 15 is 0 Å². The van der Waals surface area contributed by atoms with Crippen molar-refractivity contribution in [2.24, 2.45) is 0 Å². The second kappa shape index (κ2) is 9.01. The lowest BCUT2D eigenvalue weighted by Gasteiger charge is -2.15. The van der Waals surface area contributed by atoms with Crippen molar-refractivity contribution in [2.45, 2.75) is 52.1 Å². The minimum Gasteiger partial charge on any atom is -0.335 e. The van der Waals surface area contributed by atoms with E-state index in [1.807, 2.05) is 55.9 Å². The molecule has 28 heavy (non-hydrogen) atoms. The summed E-state index contributed by atoms with van der Waals surface area (Å²) < 4.78 is 1.94. The first kappa shape index (κ1) is 20.1. The van der Waals surface area contributed by atoms with Gasteiger partial charge in [0.25, 0.3) is 5.91 Å². The third kappa shape index (κ3) is 4.98. The maximum atomic E-state index is 12.2. The number of carbonyl (C=O) groups is 2. The average Bonchev–Trinajstić information content (AvgIpc) is 3.25. The second-order valence-electron chi connectivity index (χ2n) is 7.71. The van der Waals surface area contributed by atoms with Crippen molar-refractivity contribution in [2.75, 3.05) is 13.6 Å². The quantitative estimate of drug-likeness (QED) is 0.702. The van der Waals surface area contributed by atoms with Crippen LogP contribution in [-0.4, -0.2) is 41.4 Å². The number of nitrogens with zero attached hydrogens (tertiary/aromatic N) is 2. The SMILES string of the molecule is Cc1nn(-c2ccccc2)c(C)c1C[NH+](C)CC(=O)NC(=O)NC1CCCC1. The molecule has 0 aliphatic heterocycles. The van der Waals surface area contributed by atoms with E-state index in [9.17, 15) is 9.59 Å². The number of urea groups is 1. The standard InChI is InChI=1S/C21H29N5O2/c1-15-19(16(2)26(24-15)18-11-5-4-6-12-18)13-25(3)14-20(27)23-21(28)22-17-9-7-8-10-17/h4-6,11-12,17H,7-10,13-14H2,1-3H3,(H2,22,23,27,28)/p+1. The molecule has 7 nitrogen and oxygen atoms in total. The molecule has 0 spiro atoms. The number of amides is 3. The minimum atomic E-state index is -0.381. The van der Waals surface area contributed by atoms with Gasteiger partial charge in [-0.2, -0.15) is 5.10 Å². The number of imide groups is 1. The number of aromatic nitrogens is 2. The molecule has 1 fully saturated rings. The Kier molecular flexibility index (Phi) is 6.46. The predicted molar refractivity (Wildman–Crippen MR) is 107 cm³/mol. The number of hydrogen-bond acceptors (Lipinski definition) is 3. The lowest BCUT2D eigenvalue weighted by atomic mass is 10.2. The zero-order valence-electron chi connectivity index (χ0n) is 16.9. The predicted octanol–water partition coefficient (Wildman–Crippen LogP) is 1.27. The van der Waals surface area contributed by atoms with Gasteiger partial charge >= 0.3 is 6.03 Å². The monoisotopic (exact) mass is 384 g/mol. The van der Waals surface area contributed by atoms with Crippen LogP contribution in [0.25, 0.3) is 5.69 Å². The van der Waals surface area contributed by atoms with Crippen molar-refractivity contribution in [3.05, 3.63) is 47.3 Å². The van der Waals surface area contributed by atoms with Gasteiger partial charge in [-0.3, -0.25) is 10.1 Å². The summed E-state index contributed by atoms with van der Waals surface area (Å²) in [7, 11) is 1.95. The summed E-state index contributed by atoms with van der Waals surface area (Å²) >= 11 is 0. The van der Waals surface area contributed by atoms with Gasteiger partial charge in [0, 0.05) is 6.04 Å². The Morgan fingerprint density at radius 2 is 1.86 bits per heavy atom. The van der Waals surface area contributed by atoms with Crippen LogP contribution in [0, 0.1) is 13.8 Å². The number of benzene rings is 1. The van der Waals surface area contributed by atoms with Crippen LogP contribution < -0.4 is 15.5 Å². The van der Waals surface area contributed by atoms with Gasteiger partial charge in [0.2, 0.25) is 0 Å². The van der Waals surface area contributed by atoms with Crippen LogP contribution in [-0.2, 0) is 11.3 Å². The van der Waals surface area contributed by atoms with Crippen molar-refractivity contribution >= 4 is 11.9 Å². The van der Waals surface area contributed by atoms with Crippen LogP contribution in [0.5, 0.6) is 0 Å². The van der Waals surface area contributed by atoms with Gasteiger partial charge in [-0.1, -0.05) is 31.0 Å². The Bertz CT molecular complexity index is 825. The molecule has 1 atom stereocenters. The molecule has 1 aliphatic rings. The highest BCUT2D eigenvalue weighted by atomic mass is 16.2. The van der Waals surface area contributed by atoms with Crippen LogP contribution in [0.15, 0.2) is 30.3 Å². The van der Waals surface area contributed by atoms with Crippen LogP contribution in [0.2, 0.25) is 0 Å². The highest BCUT2D eigenvalue weighted by Gasteiger charge is 2.21. The summed E-state index contributed by atoms with van der Waals surface area (Å²) in [5.41, 5.74) is 4.18. The summed E-state index contributed by atoms with van der Waals surface area (Å²) in [5.74, 6) is -0.265. The number of hydrogen-bond donors (Lipinski definition) is 3. The van der Waals surface area contributed by atoms with E-state index < -0.39 is 0 Å². The number of rotatable bonds is 6. The fourth-order valence-electron chi connectivity index (χ4n) is 3.85. The van der Waals surface area contributed by atoms with Crippen LogP contribution in [0.1, 0.15) is 42.6 Å². The molecule has 1 unspecified atom stereocenters. The zero-order chi connectivity index (χ0) is 20.1. The number of likely N-dealkylation sites (N-methyl/N-ethyl adjacent to an activating group) is 1. The normalized spacial score (nSPS) is 15.4. The molecule has 0 bridgehead atoms. The van der Waals surface area contributed by atoms with Gasteiger partial charge < -0.3 is 10.2 Å². The number of carbonyl (C=O) groups excluding carboxylic acids is 2. The molecule has 3 N–H and O–H groups in total. The van der Waals surface area contributed by atoms with E-state index in [0.717, 1.165) is 53.2 Å². The highest BCUT2D eigenvalue weighted by molar-refractivity contribution is 5.94. The molecule has 1 saturated carbocycles. The Morgan fingerprint density at radius 1 is 1.18 bits per heavy atom. The number of aryl methyl sites for hydroxylation is 1. The maximum Gasteiger partial charge on any atom is 0.321 e. The summed E-state index contributed by atoms with van der Waals surface area (Å²) in [6.07, 6.45) is 4.27. The molecular weight excluding hydrogens is 354 g/mol. The van der Waals surface area contributed by atoms with E-state index in [1.165, 1.54) is 0 Å². The molecular formula is C21H30N5O2+. The van der Waals surface area contributed by atoms with Crippen LogP contribution in [0.3, 0.4) is 0 Å². The zero-order valence-corrected chi connectivity index (χ0v) is 16.9. The van der Waals surface area contributed by atoms with Gasteiger partial charge in [-0.25, -0.2) is 9.48 Å². The van der Waals surface area contributed by atoms with E-state index in [-0.39, 0.29) is 24.5 Å². The van der Waals surface area contributed by atoms with Gasteiger partial charge in [-0.15, -0.1) is 0 Å². The van der Waals surface area contributed by atoms with Crippen molar-refractivity contribution in [1.29, 1.82) is 0 Å². The molecule has 3 rings (SSSR count). The highest BCUT2D eigenvalue weighted by Crippen LogP contribution is 2.18. The lowest BCUT2D eigenvalue weighted by molar-refractivity contribution is -0.885. The summed E-state index contributed by atoms with van der Waals surface area (Å²) in [4.78, 5) is 25.2. The lowest BCUT2D eigenvalue weighted by Crippen LogP contribution is -3.09. The molecule has 3 amide bonds. The Morgan fingerprint density at radius 3 is 2.54 bits per heavy atom. The smallest absolute Gasteiger partial charge is 0.321 e.